The fourth-order valence-corrected chi connectivity index (χ4v) is 5.86. The molecule has 3 rings (SSSR count). The highest BCUT2D eigenvalue weighted by atomic mass is 16.5. The first-order valence-corrected chi connectivity index (χ1v) is 7.61. The summed E-state index contributed by atoms with van der Waals surface area (Å²) in [5.74, 6) is 0.228. The van der Waals surface area contributed by atoms with Gasteiger partial charge in [-0.05, 0) is 36.5 Å². The highest BCUT2D eigenvalue weighted by Gasteiger charge is 2.74. The average molecular weight is 262 g/mol. The molecule has 0 saturated heterocycles. The standard InChI is InChI=1S/C17H26O2/c1-11-7-10-16(4)14(19-12(2)18)13(11)15(3)8-6-9-17(15,16)5/h13-14H,1,6-10H2,2-5H3. The van der Waals surface area contributed by atoms with Gasteiger partial charge in [0.1, 0.15) is 6.10 Å². The van der Waals surface area contributed by atoms with Crippen molar-refractivity contribution in [2.45, 2.75) is 65.9 Å². The van der Waals surface area contributed by atoms with E-state index in [-0.39, 0.29) is 28.3 Å². The molecule has 0 spiro atoms. The van der Waals surface area contributed by atoms with Crippen LogP contribution in [-0.2, 0) is 9.53 Å². The molecule has 0 amide bonds. The molecule has 106 valence electrons. The lowest BCUT2D eigenvalue weighted by molar-refractivity contribution is -0.158. The predicted molar refractivity (Wildman–Crippen MR) is 75.6 cm³/mol. The number of ether oxygens (including phenoxy) is 1. The number of esters is 1. The maximum absolute atomic E-state index is 11.6. The molecule has 5 atom stereocenters. The number of fused-ring (bicyclic) bond motifs is 5. The van der Waals surface area contributed by atoms with Crippen molar-refractivity contribution in [2.75, 3.05) is 0 Å². The molecule has 2 heteroatoms. The summed E-state index contributed by atoms with van der Waals surface area (Å²) >= 11 is 0. The van der Waals surface area contributed by atoms with E-state index in [1.807, 2.05) is 0 Å². The first kappa shape index (κ1) is 13.2. The van der Waals surface area contributed by atoms with Crippen LogP contribution in [0.2, 0.25) is 0 Å². The van der Waals surface area contributed by atoms with Crippen LogP contribution >= 0.6 is 0 Å². The Labute approximate surface area is 116 Å². The monoisotopic (exact) mass is 262 g/mol. The van der Waals surface area contributed by atoms with E-state index in [0.29, 0.717) is 5.92 Å². The average Bonchev–Trinajstić information content (AvgIpc) is 2.65. The van der Waals surface area contributed by atoms with Crippen LogP contribution in [0.4, 0.5) is 0 Å². The van der Waals surface area contributed by atoms with Gasteiger partial charge in [-0.15, -0.1) is 0 Å². The third kappa shape index (κ3) is 1.31. The molecule has 5 unspecified atom stereocenters. The maximum Gasteiger partial charge on any atom is 0.302 e. The van der Waals surface area contributed by atoms with Crippen molar-refractivity contribution in [3.63, 3.8) is 0 Å². The summed E-state index contributed by atoms with van der Waals surface area (Å²) in [7, 11) is 0. The lowest BCUT2D eigenvalue weighted by Crippen LogP contribution is -2.45. The molecule has 0 radical (unpaired) electrons. The van der Waals surface area contributed by atoms with Crippen molar-refractivity contribution in [3.8, 4) is 0 Å². The summed E-state index contributed by atoms with van der Waals surface area (Å²) in [5.41, 5.74) is 1.98. The van der Waals surface area contributed by atoms with Crippen LogP contribution in [-0.4, -0.2) is 12.1 Å². The third-order valence-electron chi connectivity index (χ3n) is 7.21. The van der Waals surface area contributed by atoms with E-state index in [4.69, 9.17) is 4.74 Å². The Balaban J connectivity index is 2.14. The van der Waals surface area contributed by atoms with E-state index in [2.05, 4.69) is 27.4 Å². The Kier molecular flexibility index (Phi) is 2.54. The van der Waals surface area contributed by atoms with Gasteiger partial charge in [-0.3, -0.25) is 4.79 Å². The molecular weight excluding hydrogens is 236 g/mol. The predicted octanol–water partition coefficient (Wildman–Crippen LogP) is 4.10. The van der Waals surface area contributed by atoms with Crippen molar-refractivity contribution >= 4 is 5.97 Å². The van der Waals surface area contributed by atoms with Gasteiger partial charge in [0.2, 0.25) is 0 Å². The van der Waals surface area contributed by atoms with Crippen LogP contribution in [0.3, 0.4) is 0 Å². The number of rotatable bonds is 1. The SMILES string of the molecule is C=C1CCC2(C)C(OC(C)=O)C1C1(C)CCCC21C. The number of carbonyl (C=O) groups excluding carboxylic acids is 1. The first-order valence-electron chi connectivity index (χ1n) is 7.61. The van der Waals surface area contributed by atoms with Crippen LogP contribution < -0.4 is 0 Å². The van der Waals surface area contributed by atoms with Crippen LogP contribution in [0.5, 0.6) is 0 Å². The smallest absolute Gasteiger partial charge is 0.302 e. The number of hydrogen-bond acceptors (Lipinski definition) is 2. The van der Waals surface area contributed by atoms with E-state index >= 15 is 0 Å². The molecule has 0 heterocycles. The van der Waals surface area contributed by atoms with Gasteiger partial charge in [0.25, 0.3) is 0 Å². The minimum Gasteiger partial charge on any atom is -0.461 e. The normalized spacial score (nSPS) is 52.1. The maximum atomic E-state index is 11.6. The zero-order chi connectivity index (χ0) is 14.1. The third-order valence-corrected chi connectivity index (χ3v) is 7.21. The van der Waals surface area contributed by atoms with Gasteiger partial charge in [0, 0.05) is 18.3 Å². The molecule has 0 aromatic rings. The molecule has 3 aliphatic rings. The summed E-state index contributed by atoms with van der Waals surface area (Å²) in [6.45, 7) is 13.1. The quantitative estimate of drug-likeness (QED) is 0.525. The van der Waals surface area contributed by atoms with E-state index in [9.17, 15) is 4.79 Å². The summed E-state index contributed by atoms with van der Waals surface area (Å²) in [6, 6.07) is 0. The number of hydrogen-bond donors (Lipinski definition) is 0. The lowest BCUT2D eigenvalue weighted by atomic mass is 9.59. The Bertz CT molecular complexity index is 454. The molecule has 2 bridgehead atoms. The molecule has 0 aliphatic heterocycles. The zero-order valence-electron chi connectivity index (χ0n) is 12.7. The van der Waals surface area contributed by atoms with Crippen molar-refractivity contribution in [1.29, 1.82) is 0 Å². The van der Waals surface area contributed by atoms with Gasteiger partial charge in [-0.1, -0.05) is 39.3 Å². The van der Waals surface area contributed by atoms with E-state index in [1.54, 1.807) is 6.92 Å². The fourth-order valence-electron chi connectivity index (χ4n) is 5.86. The zero-order valence-corrected chi connectivity index (χ0v) is 12.7. The topological polar surface area (TPSA) is 26.3 Å². The van der Waals surface area contributed by atoms with Gasteiger partial charge in [-0.25, -0.2) is 0 Å². The Morgan fingerprint density at radius 1 is 1.21 bits per heavy atom. The van der Waals surface area contributed by atoms with Gasteiger partial charge in [0.15, 0.2) is 0 Å². The summed E-state index contributed by atoms with van der Waals surface area (Å²) in [4.78, 5) is 11.6. The summed E-state index contributed by atoms with van der Waals surface area (Å²) in [5, 5.41) is 0. The molecule has 2 nitrogen and oxygen atoms in total. The van der Waals surface area contributed by atoms with Gasteiger partial charge in [0.05, 0.1) is 0 Å². The summed E-state index contributed by atoms with van der Waals surface area (Å²) < 4.78 is 5.82. The molecule has 3 saturated carbocycles. The van der Waals surface area contributed by atoms with Crippen LogP contribution in [0, 0.1) is 22.2 Å². The van der Waals surface area contributed by atoms with Crippen molar-refractivity contribution in [1.82, 2.24) is 0 Å². The highest BCUT2D eigenvalue weighted by molar-refractivity contribution is 5.66. The molecule has 0 aromatic heterocycles. The van der Waals surface area contributed by atoms with Gasteiger partial charge in [-0.2, -0.15) is 0 Å². The van der Waals surface area contributed by atoms with Crippen molar-refractivity contribution < 1.29 is 9.53 Å². The van der Waals surface area contributed by atoms with Crippen LogP contribution in [0.25, 0.3) is 0 Å². The molecule has 19 heavy (non-hydrogen) atoms. The van der Waals surface area contributed by atoms with E-state index < -0.39 is 0 Å². The Morgan fingerprint density at radius 2 is 1.89 bits per heavy atom. The second-order valence-corrected chi connectivity index (χ2v) is 7.69. The molecule has 3 fully saturated rings. The van der Waals surface area contributed by atoms with E-state index in [0.717, 1.165) is 12.8 Å². The Morgan fingerprint density at radius 3 is 2.53 bits per heavy atom. The van der Waals surface area contributed by atoms with Crippen molar-refractivity contribution in [2.24, 2.45) is 22.2 Å². The molecule has 0 aromatic carbocycles. The first-order chi connectivity index (χ1) is 8.76. The molecular formula is C17H26O2. The molecule has 0 N–H and O–H groups in total. The largest absolute Gasteiger partial charge is 0.461 e. The lowest BCUT2D eigenvalue weighted by Gasteiger charge is -2.46. The van der Waals surface area contributed by atoms with Crippen LogP contribution in [0.15, 0.2) is 12.2 Å². The molecule has 3 aliphatic carbocycles. The Hall–Kier alpha value is -0.790. The summed E-state index contributed by atoms with van der Waals surface area (Å²) in [6.07, 6.45) is 6.08. The second kappa shape index (κ2) is 3.65. The second-order valence-electron chi connectivity index (χ2n) is 7.69. The number of carbonyl (C=O) groups is 1. The fraction of sp³-hybridized carbons (Fsp3) is 0.824. The minimum atomic E-state index is -0.136. The van der Waals surface area contributed by atoms with Crippen LogP contribution in [0.1, 0.15) is 59.8 Å². The van der Waals surface area contributed by atoms with Gasteiger partial charge >= 0.3 is 5.97 Å². The highest BCUT2D eigenvalue weighted by Crippen LogP contribution is 2.77. The van der Waals surface area contributed by atoms with Gasteiger partial charge < -0.3 is 4.74 Å². The minimum absolute atomic E-state index is 0.0431. The van der Waals surface area contributed by atoms with Crippen molar-refractivity contribution in [3.05, 3.63) is 12.2 Å². The van der Waals surface area contributed by atoms with E-state index in [1.165, 1.54) is 24.8 Å².